The van der Waals surface area contributed by atoms with Crippen molar-refractivity contribution in [1.82, 2.24) is 0 Å². The normalized spacial score (nSPS) is 21.4. The lowest BCUT2D eigenvalue weighted by molar-refractivity contribution is 0.214. The molecule has 1 unspecified atom stereocenters. The fourth-order valence-corrected chi connectivity index (χ4v) is 2.65. The van der Waals surface area contributed by atoms with Crippen molar-refractivity contribution in [2.24, 2.45) is 5.92 Å². The van der Waals surface area contributed by atoms with Crippen molar-refractivity contribution in [3.63, 3.8) is 0 Å². The van der Waals surface area contributed by atoms with E-state index < -0.39 is 0 Å². The predicted octanol–water partition coefficient (Wildman–Crippen LogP) is 2.57. The van der Waals surface area contributed by atoms with Crippen LogP contribution in [0.3, 0.4) is 0 Å². The SMILES string of the molecule is Cc1cc(N2CCCCCC(CO)C2)ccc1N. The molecule has 3 N–H and O–H groups in total. The summed E-state index contributed by atoms with van der Waals surface area (Å²) in [6, 6.07) is 6.24. The van der Waals surface area contributed by atoms with Gasteiger partial charge in [0, 0.05) is 31.1 Å². The molecular formula is C15H24N2O. The highest BCUT2D eigenvalue weighted by atomic mass is 16.3. The van der Waals surface area contributed by atoms with Crippen LogP contribution in [0.4, 0.5) is 11.4 Å². The molecular weight excluding hydrogens is 224 g/mol. The average molecular weight is 248 g/mol. The number of nitrogens with two attached hydrogens (primary N) is 1. The van der Waals surface area contributed by atoms with Crippen LogP contribution < -0.4 is 10.6 Å². The first-order chi connectivity index (χ1) is 8.70. The minimum absolute atomic E-state index is 0.296. The highest BCUT2D eigenvalue weighted by Gasteiger charge is 2.16. The summed E-state index contributed by atoms with van der Waals surface area (Å²) < 4.78 is 0. The van der Waals surface area contributed by atoms with Crippen molar-refractivity contribution in [3.8, 4) is 0 Å². The third-order valence-electron chi connectivity index (χ3n) is 3.90. The van der Waals surface area contributed by atoms with Crippen molar-refractivity contribution in [1.29, 1.82) is 0 Å². The molecule has 0 aromatic heterocycles. The quantitative estimate of drug-likeness (QED) is 0.791. The van der Waals surface area contributed by atoms with Crippen LogP contribution in [0.2, 0.25) is 0 Å². The molecule has 1 heterocycles. The topological polar surface area (TPSA) is 49.5 Å². The number of anilines is 2. The smallest absolute Gasteiger partial charge is 0.0476 e. The first-order valence-electron chi connectivity index (χ1n) is 6.92. The molecule has 1 atom stereocenters. The Labute approximate surface area is 110 Å². The summed E-state index contributed by atoms with van der Waals surface area (Å²) in [5.41, 5.74) is 9.09. The number of hydrogen-bond acceptors (Lipinski definition) is 3. The number of aliphatic hydroxyl groups is 1. The summed E-state index contributed by atoms with van der Waals surface area (Å²) in [5, 5.41) is 9.42. The molecule has 2 rings (SSSR count). The molecule has 3 nitrogen and oxygen atoms in total. The Balaban J connectivity index is 2.14. The summed E-state index contributed by atoms with van der Waals surface area (Å²) in [5.74, 6) is 0.406. The number of aryl methyl sites for hydroxylation is 1. The van der Waals surface area contributed by atoms with Gasteiger partial charge in [-0.25, -0.2) is 0 Å². The van der Waals surface area contributed by atoms with Gasteiger partial charge in [0.05, 0.1) is 0 Å². The highest BCUT2D eigenvalue weighted by molar-refractivity contribution is 5.58. The molecule has 0 spiro atoms. The molecule has 1 aliphatic rings. The molecule has 1 aliphatic heterocycles. The van der Waals surface area contributed by atoms with E-state index in [4.69, 9.17) is 5.73 Å². The molecule has 0 radical (unpaired) electrons. The zero-order valence-electron chi connectivity index (χ0n) is 11.2. The Morgan fingerprint density at radius 1 is 1.33 bits per heavy atom. The fourth-order valence-electron chi connectivity index (χ4n) is 2.65. The fraction of sp³-hybridized carbons (Fsp3) is 0.600. The van der Waals surface area contributed by atoms with E-state index in [2.05, 4.69) is 17.0 Å². The summed E-state index contributed by atoms with van der Waals surface area (Å²) in [4.78, 5) is 2.40. The first-order valence-corrected chi connectivity index (χ1v) is 6.92. The van der Waals surface area contributed by atoms with Gasteiger partial charge in [-0.05, 0) is 49.4 Å². The molecule has 100 valence electrons. The third-order valence-corrected chi connectivity index (χ3v) is 3.90. The van der Waals surface area contributed by atoms with E-state index in [1.54, 1.807) is 0 Å². The Morgan fingerprint density at radius 2 is 2.17 bits per heavy atom. The Kier molecular flexibility index (Phi) is 4.48. The largest absolute Gasteiger partial charge is 0.399 e. The summed E-state index contributed by atoms with van der Waals surface area (Å²) in [7, 11) is 0. The molecule has 18 heavy (non-hydrogen) atoms. The van der Waals surface area contributed by atoms with Gasteiger partial charge in [-0.3, -0.25) is 0 Å². The molecule has 1 aromatic carbocycles. The minimum Gasteiger partial charge on any atom is -0.399 e. The van der Waals surface area contributed by atoms with Gasteiger partial charge in [-0.1, -0.05) is 12.8 Å². The maximum absolute atomic E-state index is 9.42. The van der Waals surface area contributed by atoms with Crippen LogP contribution >= 0.6 is 0 Å². The second-order valence-electron chi connectivity index (χ2n) is 5.38. The Morgan fingerprint density at radius 3 is 2.89 bits per heavy atom. The number of nitrogens with zero attached hydrogens (tertiary/aromatic N) is 1. The van der Waals surface area contributed by atoms with Crippen LogP contribution in [0.25, 0.3) is 0 Å². The number of rotatable bonds is 2. The minimum atomic E-state index is 0.296. The van der Waals surface area contributed by atoms with Gasteiger partial charge in [0.1, 0.15) is 0 Å². The first kappa shape index (κ1) is 13.2. The van der Waals surface area contributed by atoms with E-state index in [1.165, 1.54) is 24.9 Å². The maximum atomic E-state index is 9.42. The van der Waals surface area contributed by atoms with Crippen LogP contribution in [-0.4, -0.2) is 24.8 Å². The zero-order chi connectivity index (χ0) is 13.0. The molecule has 0 amide bonds. The van der Waals surface area contributed by atoms with Gasteiger partial charge in [0.25, 0.3) is 0 Å². The van der Waals surface area contributed by atoms with Gasteiger partial charge in [-0.2, -0.15) is 0 Å². The Hall–Kier alpha value is -1.22. The predicted molar refractivity (Wildman–Crippen MR) is 76.8 cm³/mol. The van der Waals surface area contributed by atoms with Gasteiger partial charge in [0.15, 0.2) is 0 Å². The third kappa shape index (κ3) is 3.16. The number of aliphatic hydroxyl groups excluding tert-OH is 1. The van der Waals surface area contributed by atoms with Gasteiger partial charge < -0.3 is 15.7 Å². The van der Waals surface area contributed by atoms with Crippen molar-refractivity contribution in [3.05, 3.63) is 23.8 Å². The molecule has 0 bridgehead atoms. The van der Waals surface area contributed by atoms with E-state index in [0.717, 1.165) is 30.8 Å². The molecule has 1 saturated heterocycles. The van der Waals surface area contributed by atoms with Crippen molar-refractivity contribution >= 4 is 11.4 Å². The standard InChI is InChI=1S/C15H24N2O/c1-12-9-14(6-7-15(12)16)17-8-4-2-3-5-13(10-17)11-18/h6-7,9,13,18H,2-5,8,10-11,16H2,1H3. The van der Waals surface area contributed by atoms with Crippen molar-refractivity contribution < 1.29 is 5.11 Å². The number of benzene rings is 1. The number of hydrogen-bond donors (Lipinski definition) is 2. The van der Waals surface area contributed by atoms with Crippen LogP contribution in [0, 0.1) is 12.8 Å². The Bertz CT molecular complexity index is 392. The number of nitrogen functional groups attached to an aromatic ring is 1. The van der Waals surface area contributed by atoms with Gasteiger partial charge in [0.2, 0.25) is 0 Å². The van der Waals surface area contributed by atoms with E-state index in [-0.39, 0.29) is 0 Å². The summed E-state index contributed by atoms with van der Waals surface area (Å²) in [6.07, 6.45) is 4.89. The van der Waals surface area contributed by atoms with Crippen molar-refractivity contribution in [2.75, 3.05) is 30.3 Å². The molecule has 3 heteroatoms. The van der Waals surface area contributed by atoms with Crippen LogP contribution in [0.1, 0.15) is 31.2 Å². The van der Waals surface area contributed by atoms with Crippen LogP contribution in [0.15, 0.2) is 18.2 Å². The molecule has 1 fully saturated rings. The molecule has 1 aromatic rings. The zero-order valence-corrected chi connectivity index (χ0v) is 11.2. The highest BCUT2D eigenvalue weighted by Crippen LogP contribution is 2.24. The lowest BCUT2D eigenvalue weighted by Crippen LogP contribution is -2.33. The average Bonchev–Trinajstić information content (AvgIpc) is 2.33. The second kappa shape index (κ2) is 6.10. The van der Waals surface area contributed by atoms with E-state index >= 15 is 0 Å². The van der Waals surface area contributed by atoms with E-state index in [0.29, 0.717) is 12.5 Å². The van der Waals surface area contributed by atoms with E-state index in [1.807, 2.05) is 13.0 Å². The maximum Gasteiger partial charge on any atom is 0.0476 e. The lowest BCUT2D eigenvalue weighted by Gasteiger charge is -2.31. The van der Waals surface area contributed by atoms with Gasteiger partial charge in [-0.15, -0.1) is 0 Å². The lowest BCUT2D eigenvalue weighted by atomic mass is 9.98. The molecule has 0 saturated carbocycles. The monoisotopic (exact) mass is 248 g/mol. The summed E-state index contributed by atoms with van der Waals surface area (Å²) >= 11 is 0. The van der Waals surface area contributed by atoms with Crippen LogP contribution in [-0.2, 0) is 0 Å². The van der Waals surface area contributed by atoms with Crippen molar-refractivity contribution in [2.45, 2.75) is 32.6 Å². The van der Waals surface area contributed by atoms with E-state index in [9.17, 15) is 5.11 Å². The van der Waals surface area contributed by atoms with Gasteiger partial charge >= 0.3 is 0 Å². The molecule has 0 aliphatic carbocycles. The summed E-state index contributed by atoms with van der Waals surface area (Å²) in [6.45, 7) is 4.39. The van der Waals surface area contributed by atoms with Crippen LogP contribution in [0.5, 0.6) is 0 Å². The second-order valence-corrected chi connectivity index (χ2v) is 5.38.